The monoisotopic (exact) mass is 289 g/mol. The fraction of sp³-hybridized carbons (Fsp3) is 0.545. The number of aryl methyl sites for hydroxylation is 1. The van der Waals surface area contributed by atoms with Crippen LogP contribution in [0, 0.1) is 0 Å². The van der Waals surface area contributed by atoms with E-state index in [-0.39, 0.29) is 11.9 Å². The molecule has 0 aliphatic carbocycles. The second kappa shape index (κ2) is 6.70. The molecule has 1 aromatic rings. The number of furan rings is 1. The van der Waals surface area contributed by atoms with Gasteiger partial charge < -0.3 is 14.5 Å². The number of hydrogen-bond donors (Lipinski definition) is 1. The lowest BCUT2D eigenvalue weighted by Crippen LogP contribution is -2.39. The highest BCUT2D eigenvalue weighted by Crippen LogP contribution is 2.11. The van der Waals surface area contributed by atoms with E-state index in [9.17, 15) is 4.79 Å². The van der Waals surface area contributed by atoms with Gasteiger partial charge in [0.2, 0.25) is 0 Å². The molecule has 0 spiro atoms. The van der Waals surface area contributed by atoms with Crippen LogP contribution in [0.5, 0.6) is 0 Å². The van der Waals surface area contributed by atoms with Gasteiger partial charge in [-0.25, -0.2) is 0 Å². The van der Waals surface area contributed by atoms with Crippen molar-refractivity contribution in [2.45, 2.75) is 19.4 Å². The minimum atomic E-state index is -0.118. The molecule has 0 saturated heterocycles. The molecule has 0 aliphatic heterocycles. The third-order valence-corrected chi connectivity index (χ3v) is 2.98. The first-order chi connectivity index (χ1) is 7.72. The normalized spacial score (nSPS) is 12.4. The van der Waals surface area contributed by atoms with Crippen molar-refractivity contribution in [3.05, 3.63) is 23.7 Å². The van der Waals surface area contributed by atoms with Crippen LogP contribution in [0.1, 0.15) is 23.0 Å². The molecule has 1 heterocycles. The molecule has 1 rings (SSSR count). The number of alkyl halides is 1. The van der Waals surface area contributed by atoms with Gasteiger partial charge in [-0.2, -0.15) is 0 Å². The maximum absolute atomic E-state index is 11.9. The topological polar surface area (TPSA) is 51.5 Å². The summed E-state index contributed by atoms with van der Waals surface area (Å²) in [6.07, 6.45) is 2.24. The largest absolute Gasteiger partial charge is 0.469 e. The third kappa shape index (κ3) is 3.35. The number of amides is 1. The summed E-state index contributed by atoms with van der Waals surface area (Å²) in [5, 5.41) is 3.53. The second-order valence-corrected chi connectivity index (χ2v) is 4.04. The molecule has 0 aliphatic rings. The molecule has 0 radical (unpaired) electrons. The van der Waals surface area contributed by atoms with Crippen LogP contribution in [-0.4, -0.2) is 31.0 Å². The van der Waals surface area contributed by atoms with Crippen molar-refractivity contribution in [1.82, 2.24) is 5.32 Å². The Bertz CT molecular complexity index is 338. The summed E-state index contributed by atoms with van der Waals surface area (Å²) in [5.74, 6) is 0.593. The van der Waals surface area contributed by atoms with Gasteiger partial charge >= 0.3 is 0 Å². The quantitative estimate of drug-likeness (QED) is 0.815. The maximum Gasteiger partial charge on any atom is 0.255 e. The van der Waals surface area contributed by atoms with Crippen molar-refractivity contribution in [3.8, 4) is 0 Å². The zero-order valence-corrected chi connectivity index (χ0v) is 11.0. The fourth-order valence-corrected chi connectivity index (χ4v) is 1.75. The van der Waals surface area contributed by atoms with E-state index in [2.05, 4.69) is 21.2 Å². The van der Waals surface area contributed by atoms with Crippen LogP contribution in [0.15, 0.2) is 16.7 Å². The van der Waals surface area contributed by atoms with Gasteiger partial charge in [0.15, 0.2) is 0 Å². The Morgan fingerprint density at radius 3 is 3.00 bits per heavy atom. The molecule has 90 valence electrons. The van der Waals surface area contributed by atoms with Crippen molar-refractivity contribution in [1.29, 1.82) is 0 Å². The summed E-state index contributed by atoms with van der Waals surface area (Å²) in [4.78, 5) is 11.9. The van der Waals surface area contributed by atoms with Crippen LogP contribution < -0.4 is 5.32 Å². The van der Waals surface area contributed by atoms with Crippen LogP contribution in [-0.2, 0) is 11.2 Å². The second-order valence-electron chi connectivity index (χ2n) is 3.39. The van der Waals surface area contributed by atoms with Crippen molar-refractivity contribution >= 4 is 21.8 Å². The van der Waals surface area contributed by atoms with Gasteiger partial charge in [0.1, 0.15) is 5.76 Å². The number of hydrogen-bond acceptors (Lipinski definition) is 3. The molecule has 0 bridgehead atoms. The Morgan fingerprint density at radius 2 is 2.44 bits per heavy atom. The van der Waals surface area contributed by atoms with Crippen LogP contribution in [0.2, 0.25) is 0 Å². The highest BCUT2D eigenvalue weighted by molar-refractivity contribution is 9.09. The minimum Gasteiger partial charge on any atom is -0.469 e. The molecule has 0 fully saturated rings. The predicted octanol–water partition coefficient (Wildman–Crippen LogP) is 1.98. The van der Waals surface area contributed by atoms with E-state index in [1.807, 2.05) is 6.92 Å². The molecule has 16 heavy (non-hydrogen) atoms. The van der Waals surface area contributed by atoms with Crippen LogP contribution in [0.25, 0.3) is 0 Å². The molecule has 1 aromatic heterocycles. The summed E-state index contributed by atoms with van der Waals surface area (Å²) in [6.45, 7) is 2.43. The fourth-order valence-electron chi connectivity index (χ4n) is 1.41. The van der Waals surface area contributed by atoms with Gasteiger partial charge in [0.25, 0.3) is 5.91 Å². The SMILES string of the molecule is CCc1occc1C(=O)NC(CBr)COC. The number of rotatable bonds is 6. The molecule has 0 aromatic carbocycles. The van der Waals surface area contributed by atoms with Gasteiger partial charge in [0, 0.05) is 18.9 Å². The highest BCUT2D eigenvalue weighted by atomic mass is 79.9. The smallest absolute Gasteiger partial charge is 0.255 e. The van der Waals surface area contributed by atoms with Gasteiger partial charge in [-0.1, -0.05) is 22.9 Å². The average Bonchev–Trinajstić information content (AvgIpc) is 2.76. The highest BCUT2D eigenvalue weighted by Gasteiger charge is 2.16. The molecule has 5 heteroatoms. The number of halogens is 1. The molecule has 0 saturated carbocycles. The maximum atomic E-state index is 11.9. The van der Waals surface area contributed by atoms with E-state index in [1.54, 1.807) is 13.2 Å². The summed E-state index contributed by atoms with van der Waals surface area (Å²) in [6, 6.07) is 1.66. The third-order valence-electron chi connectivity index (χ3n) is 2.20. The van der Waals surface area contributed by atoms with Crippen LogP contribution >= 0.6 is 15.9 Å². The first-order valence-electron chi connectivity index (χ1n) is 5.15. The van der Waals surface area contributed by atoms with Crippen molar-refractivity contribution in [2.75, 3.05) is 19.0 Å². The molecule has 1 amide bonds. The molecule has 1 N–H and O–H groups in total. The Labute approximate surface area is 103 Å². The van der Waals surface area contributed by atoms with E-state index in [4.69, 9.17) is 9.15 Å². The Hall–Kier alpha value is -0.810. The summed E-state index contributed by atoms with van der Waals surface area (Å²) >= 11 is 3.33. The number of nitrogens with one attached hydrogen (secondary N) is 1. The van der Waals surface area contributed by atoms with E-state index in [1.165, 1.54) is 6.26 Å². The summed E-state index contributed by atoms with van der Waals surface area (Å²) in [7, 11) is 1.61. The predicted molar refractivity (Wildman–Crippen MR) is 65.0 cm³/mol. The van der Waals surface area contributed by atoms with Crippen molar-refractivity contribution in [2.24, 2.45) is 0 Å². The Kier molecular flexibility index (Phi) is 5.55. The van der Waals surface area contributed by atoms with Crippen LogP contribution in [0.3, 0.4) is 0 Å². The van der Waals surface area contributed by atoms with E-state index in [0.717, 1.165) is 0 Å². The van der Waals surface area contributed by atoms with Crippen molar-refractivity contribution in [3.63, 3.8) is 0 Å². The van der Waals surface area contributed by atoms with Crippen molar-refractivity contribution < 1.29 is 13.9 Å². The lowest BCUT2D eigenvalue weighted by atomic mass is 10.2. The zero-order chi connectivity index (χ0) is 12.0. The average molecular weight is 290 g/mol. The Balaban J connectivity index is 2.64. The summed E-state index contributed by atoms with van der Waals surface area (Å²) < 4.78 is 10.2. The number of ether oxygens (including phenoxy) is 1. The van der Waals surface area contributed by atoms with Gasteiger partial charge in [-0.05, 0) is 6.07 Å². The molecule has 1 unspecified atom stereocenters. The first kappa shape index (κ1) is 13.3. The number of carbonyl (C=O) groups excluding carboxylic acids is 1. The Morgan fingerprint density at radius 1 is 1.69 bits per heavy atom. The lowest BCUT2D eigenvalue weighted by Gasteiger charge is -2.14. The number of methoxy groups -OCH3 is 1. The van der Waals surface area contributed by atoms with Gasteiger partial charge in [-0.15, -0.1) is 0 Å². The molecular formula is C11H16BrNO3. The molecular weight excluding hydrogens is 274 g/mol. The zero-order valence-electron chi connectivity index (χ0n) is 9.46. The van der Waals surface area contributed by atoms with Gasteiger partial charge in [-0.3, -0.25) is 4.79 Å². The van der Waals surface area contributed by atoms with E-state index >= 15 is 0 Å². The number of carbonyl (C=O) groups is 1. The first-order valence-corrected chi connectivity index (χ1v) is 6.27. The molecule has 1 atom stereocenters. The lowest BCUT2D eigenvalue weighted by molar-refractivity contribution is 0.0906. The van der Waals surface area contributed by atoms with Crippen LogP contribution in [0.4, 0.5) is 0 Å². The standard InChI is InChI=1S/C11H16BrNO3/c1-3-10-9(4-5-16-10)11(14)13-8(6-12)7-15-2/h4-5,8H,3,6-7H2,1-2H3,(H,13,14). The van der Waals surface area contributed by atoms with Gasteiger partial charge in [0.05, 0.1) is 24.5 Å². The van der Waals surface area contributed by atoms with E-state index < -0.39 is 0 Å². The van der Waals surface area contributed by atoms with E-state index in [0.29, 0.717) is 29.7 Å². The molecule has 4 nitrogen and oxygen atoms in total. The minimum absolute atomic E-state index is 0.0305. The summed E-state index contributed by atoms with van der Waals surface area (Å²) in [5.41, 5.74) is 0.601.